The fraction of sp³-hybridized carbons (Fsp3) is 0.133. The van der Waals surface area contributed by atoms with E-state index in [-0.39, 0.29) is 0 Å². The summed E-state index contributed by atoms with van der Waals surface area (Å²) >= 11 is 2.31. The molecule has 0 aromatic heterocycles. The molecule has 3 nitrogen and oxygen atoms in total. The largest absolute Gasteiger partial charge is 0.478 e. The molecule has 0 unspecified atom stereocenters. The number of anilines is 1. The smallest absolute Gasteiger partial charge is 0.335 e. The van der Waals surface area contributed by atoms with E-state index in [0.29, 0.717) is 12.1 Å². The molecule has 0 saturated carbocycles. The van der Waals surface area contributed by atoms with Gasteiger partial charge in [0.15, 0.2) is 0 Å². The molecule has 0 aliphatic heterocycles. The van der Waals surface area contributed by atoms with Crippen LogP contribution < -0.4 is 5.32 Å². The summed E-state index contributed by atoms with van der Waals surface area (Å²) in [6.45, 7) is 2.76. The molecule has 4 heteroatoms. The third-order valence-corrected chi connectivity index (χ3v) is 4.12. The summed E-state index contributed by atoms with van der Waals surface area (Å²) in [7, 11) is 0. The Labute approximate surface area is 125 Å². The second-order valence-corrected chi connectivity index (χ2v) is 5.43. The molecule has 0 saturated heterocycles. The van der Waals surface area contributed by atoms with Gasteiger partial charge in [-0.15, -0.1) is 0 Å². The van der Waals surface area contributed by atoms with Crippen LogP contribution in [-0.4, -0.2) is 11.1 Å². The highest BCUT2D eigenvalue weighted by Crippen LogP contribution is 2.21. The van der Waals surface area contributed by atoms with Crippen molar-refractivity contribution in [3.05, 3.63) is 62.7 Å². The Morgan fingerprint density at radius 1 is 1.21 bits per heavy atom. The third-order valence-electron chi connectivity index (χ3n) is 2.95. The van der Waals surface area contributed by atoms with Crippen molar-refractivity contribution in [2.24, 2.45) is 0 Å². The van der Waals surface area contributed by atoms with E-state index >= 15 is 0 Å². The number of nitrogens with one attached hydrogen (secondary N) is 1. The van der Waals surface area contributed by atoms with Crippen molar-refractivity contribution in [1.29, 1.82) is 0 Å². The van der Waals surface area contributed by atoms with E-state index in [2.05, 4.69) is 40.9 Å². The first kappa shape index (κ1) is 13.9. The molecule has 2 N–H and O–H groups in total. The van der Waals surface area contributed by atoms with Crippen molar-refractivity contribution < 1.29 is 9.90 Å². The molecular weight excluding hydrogens is 353 g/mol. The maximum Gasteiger partial charge on any atom is 0.335 e. The summed E-state index contributed by atoms with van der Waals surface area (Å²) in [5.41, 5.74) is 3.71. The molecule has 98 valence electrons. The minimum Gasteiger partial charge on any atom is -0.478 e. The molecule has 19 heavy (non-hydrogen) atoms. The summed E-state index contributed by atoms with van der Waals surface area (Å²) in [6.07, 6.45) is 0. The van der Waals surface area contributed by atoms with Crippen LogP contribution in [0.15, 0.2) is 42.5 Å². The van der Waals surface area contributed by atoms with E-state index in [9.17, 15) is 4.79 Å². The summed E-state index contributed by atoms with van der Waals surface area (Å²) in [5.74, 6) is -0.895. The van der Waals surface area contributed by atoms with Crippen molar-refractivity contribution >= 4 is 34.2 Å². The van der Waals surface area contributed by atoms with E-state index in [4.69, 9.17) is 5.11 Å². The first-order valence-electron chi connectivity index (χ1n) is 5.89. The molecule has 0 aliphatic rings. The summed E-state index contributed by atoms with van der Waals surface area (Å²) < 4.78 is 1.23. The normalized spacial score (nSPS) is 10.2. The molecule has 0 heterocycles. The van der Waals surface area contributed by atoms with Crippen LogP contribution in [-0.2, 0) is 6.54 Å². The number of benzene rings is 2. The Balaban J connectivity index is 2.06. The summed E-state index contributed by atoms with van der Waals surface area (Å²) in [4.78, 5) is 10.8. The van der Waals surface area contributed by atoms with E-state index < -0.39 is 5.97 Å². The van der Waals surface area contributed by atoms with Crippen LogP contribution in [0.5, 0.6) is 0 Å². The van der Waals surface area contributed by atoms with Crippen LogP contribution in [0.25, 0.3) is 0 Å². The summed E-state index contributed by atoms with van der Waals surface area (Å²) in [6, 6.07) is 13.1. The van der Waals surface area contributed by atoms with Gasteiger partial charge in [-0.3, -0.25) is 0 Å². The first-order valence-corrected chi connectivity index (χ1v) is 6.97. The van der Waals surface area contributed by atoms with Gasteiger partial charge in [-0.2, -0.15) is 0 Å². The van der Waals surface area contributed by atoms with Crippen LogP contribution in [0, 0.1) is 10.5 Å². The number of aromatic carboxylic acids is 1. The zero-order chi connectivity index (χ0) is 13.8. The zero-order valence-corrected chi connectivity index (χ0v) is 12.6. The Hall–Kier alpha value is -1.56. The number of carbonyl (C=O) groups is 1. The maximum atomic E-state index is 10.8. The van der Waals surface area contributed by atoms with Crippen LogP contribution >= 0.6 is 22.6 Å². The molecule has 0 aliphatic carbocycles. The topological polar surface area (TPSA) is 49.3 Å². The third kappa shape index (κ3) is 3.47. The number of rotatable bonds is 4. The lowest BCUT2D eigenvalue weighted by molar-refractivity contribution is 0.0697. The highest BCUT2D eigenvalue weighted by molar-refractivity contribution is 14.1. The number of carboxylic acid groups (broad SMARTS) is 1. The van der Waals surface area contributed by atoms with Crippen molar-refractivity contribution in [3.8, 4) is 0 Å². The number of hydrogen-bond donors (Lipinski definition) is 2. The van der Waals surface area contributed by atoms with E-state index in [0.717, 1.165) is 11.3 Å². The standard InChI is InChI=1S/C15H14INO2/c1-10-13(16)3-2-4-14(10)17-9-11-5-7-12(8-6-11)15(18)19/h2-8,17H,9H2,1H3,(H,18,19). The molecular formula is C15H14INO2. The van der Waals surface area contributed by atoms with Gasteiger partial charge in [0.2, 0.25) is 0 Å². The Morgan fingerprint density at radius 3 is 2.53 bits per heavy atom. The minimum absolute atomic E-state index is 0.314. The lowest BCUT2D eigenvalue weighted by atomic mass is 10.1. The van der Waals surface area contributed by atoms with Gasteiger partial charge in [0.25, 0.3) is 0 Å². The Bertz CT molecular complexity index is 594. The van der Waals surface area contributed by atoms with E-state index in [1.807, 2.05) is 24.3 Å². The predicted octanol–water partition coefficient (Wildman–Crippen LogP) is 3.91. The van der Waals surface area contributed by atoms with Crippen molar-refractivity contribution in [3.63, 3.8) is 0 Å². The van der Waals surface area contributed by atoms with Crippen molar-refractivity contribution in [2.45, 2.75) is 13.5 Å². The lowest BCUT2D eigenvalue weighted by Crippen LogP contribution is -2.02. The maximum absolute atomic E-state index is 10.8. The van der Waals surface area contributed by atoms with Gasteiger partial charge in [-0.25, -0.2) is 4.79 Å². The quantitative estimate of drug-likeness (QED) is 0.806. The van der Waals surface area contributed by atoms with Gasteiger partial charge in [0, 0.05) is 15.8 Å². The Morgan fingerprint density at radius 2 is 1.89 bits per heavy atom. The van der Waals surface area contributed by atoms with E-state index in [1.165, 1.54) is 9.13 Å². The highest BCUT2D eigenvalue weighted by Gasteiger charge is 2.03. The summed E-state index contributed by atoms with van der Waals surface area (Å²) in [5, 5.41) is 12.2. The Kier molecular flexibility index (Phi) is 4.42. The number of carboxylic acids is 1. The minimum atomic E-state index is -0.895. The van der Waals surface area contributed by atoms with Crippen LogP contribution in [0.2, 0.25) is 0 Å². The van der Waals surface area contributed by atoms with Crippen LogP contribution in [0.1, 0.15) is 21.5 Å². The molecule has 2 aromatic rings. The lowest BCUT2D eigenvalue weighted by Gasteiger charge is -2.11. The average Bonchev–Trinajstić information content (AvgIpc) is 2.41. The predicted molar refractivity (Wildman–Crippen MR) is 84.6 cm³/mol. The molecule has 2 rings (SSSR count). The van der Waals surface area contributed by atoms with Gasteiger partial charge < -0.3 is 10.4 Å². The fourth-order valence-corrected chi connectivity index (χ4v) is 2.26. The monoisotopic (exact) mass is 367 g/mol. The van der Waals surface area contributed by atoms with Gasteiger partial charge in [-0.05, 0) is 64.9 Å². The molecule has 0 bridgehead atoms. The second-order valence-electron chi connectivity index (χ2n) is 4.27. The van der Waals surface area contributed by atoms with Gasteiger partial charge in [0.05, 0.1) is 5.56 Å². The average molecular weight is 367 g/mol. The van der Waals surface area contributed by atoms with Gasteiger partial charge >= 0.3 is 5.97 Å². The van der Waals surface area contributed by atoms with Crippen LogP contribution in [0.3, 0.4) is 0 Å². The van der Waals surface area contributed by atoms with Crippen molar-refractivity contribution in [2.75, 3.05) is 5.32 Å². The molecule has 0 radical (unpaired) electrons. The van der Waals surface area contributed by atoms with Gasteiger partial charge in [-0.1, -0.05) is 18.2 Å². The number of halogens is 1. The molecule has 0 amide bonds. The van der Waals surface area contributed by atoms with Gasteiger partial charge in [0.1, 0.15) is 0 Å². The highest BCUT2D eigenvalue weighted by atomic mass is 127. The molecule has 0 fully saturated rings. The fourth-order valence-electron chi connectivity index (χ4n) is 1.76. The second kappa shape index (κ2) is 6.06. The van der Waals surface area contributed by atoms with Crippen LogP contribution in [0.4, 0.5) is 5.69 Å². The zero-order valence-electron chi connectivity index (χ0n) is 10.5. The SMILES string of the molecule is Cc1c(I)cccc1NCc1ccc(C(=O)O)cc1. The molecule has 0 atom stereocenters. The molecule has 0 spiro atoms. The number of hydrogen-bond acceptors (Lipinski definition) is 2. The first-order chi connectivity index (χ1) is 9.08. The van der Waals surface area contributed by atoms with Crippen molar-refractivity contribution in [1.82, 2.24) is 0 Å². The molecule has 2 aromatic carbocycles. The van der Waals surface area contributed by atoms with E-state index in [1.54, 1.807) is 12.1 Å².